The van der Waals surface area contributed by atoms with Crippen LogP contribution in [0.3, 0.4) is 0 Å². The van der Waals surface area contributed by atoms with E-state index in [-0.39, 0.29) is 5.75 Å². The summed E-state index contributed by atoms with van der Waals surface area (Å²) in [6, 6.07) is 15.0. The molecule has 1 aromatic heterocycles. The Morgan fingerprint density at radius 2 is 1.76 bits per heavy atom. The third-order valence-corrected chi connectivity index (χ3v) is 3.42. The van der Waals surface area contributed by atoms with Crippen molar-refractivity contribution in [2.24, 2.45) is 4.99 Å². The quantitative estimate of drug-likeness (QED) is 0.583. The van der Waals surface area contributed by atoms with Crippen molar-refractivity contribution in [3.8, 4) is 5.75 Å². The second kappa shape index (κ2) is 5.48. The summed E-state index contributed by atoms with van der Waals surface area (Å²) in [5.41, 5.74) is 1.76. The Hall–Kier alpha value is -2.49. The van der Waals surface area contributed by atoms with Gasteiger partial charge in [-0.15, -0.1) is 0 Å². The molecule has 0 fully saturated rings. The highest BCUT2D eigenvalue weighted by Crippen LogP contribution is 2.31. The van der Waals surface area contributed by atoms with Gasteiger partial charge in [0.2, 0.25) is 6.71 Å². The summed E-state index contributed by atoms with van der Waals surface area (Å²) in [7, 11) is 0. The van der Waals surface area contributed by atoms with Crippen LogP contribution in [-0.4, -0.2) is 18.0 Å². The number of nitrogens with zero attached hydrogens (tertiary/aromatic N) is 1. The fraction of sp³-hybridized carbons (Fsp3) is 0.118. The minimum absolute atomic E-state index is 0.268. The number of aromatic hydroxyl groups is 1. The van der Waals surface area contributed by atoms with Crippen molar-refractivity contribution in [3.63, 3.8) is 0 Å². The zero-order valence-corrected chi connectivity index (χ0v) is 12.1. The molecular formula is C17H16BNO2. The lowest BCUT2D eigenvalue weighted by molar-refractivity contribution is 0.481. The van der Waals surface area contributed by atoms with Gasteiger partial charge in [0.1, 0.15) is 11.5 Å². The van der Waals surface area contributed by atoms with Crippen molar-refractivity contribution in [1.82, 2.24) is 0 Å². The van der Waals surface area contributed by atoms with Crippen molar-refractivity contribution in [2.75, 3.05) is 0 Å². The lowest BCUT2D eigenvalue weighted by Gasteiger charge is -2.03. The molecule has 0 aliphatic heterocycles. The van der Waals surface area contributed by atoms with Crippen LogP contribution in [-0.2, 0) is 0 Å². The van der Waals surface area contributed by atoms with Crippen LogP contribution >= 0.6 is 0 Å². The average Bonchev–Trinajstić information content (AvgIpc) is 2.95. The van der Waals surface area contributed by atoms with Crippen LogP contribution in [0.2, 0.25) is 13.6 Å². The van der Waals surface area contributed by atoms with Gasteiger partial charge < -0.3 is 9.52 Å². The van der Waals surface area contributed by atoms with E-state index in [1.165, 1.54) is 0 Å². The van der Waals surface area contributed by atoms with Crippen LogP contribution in [0.4, 0.5) is 5.69 Å². The molecule has 0 saturated heterocycles. The Morgan fingerprint density at radius 3 is 2.52 bits per heavy atom. The number of phenolic OH excluding ortho intramolecular Hbond substituents is 1. The van der Waals surface area contributed by atoms with Crippen molar-refractivity contribution < 1.29 is 9.52 Å². The van der Waals surface area contributed by atoms with Gasteiger partial charge in [0.05, 0.1) is 17.6 Å². The molecule has 0 amide bonds. The first-order chi connectivity index (χ1) is 10.1. The number of aliphatic imine (C=N–C) groups is 1. The molecule has 104 valence electrons. The van der Waals surface area contributed by atoms with Crippen molar-refractivity contribution in [1.29, 1.82) is 0 Å². The molecule has 3 aromatic rings. The fourth-order valence-corrected chi connectivity index (χ4v) is 2.27. The van der Waals surface area contributed by atoms with E-state index in [4.69, 9.17) is 4.42 Å². The molecule has 1 N–H and O–H groups in total. The van der Waals surface area contributed by atoms with Crippen LogP contribution in [0.15, 0.2) is 57.9 Å². The van der Waals surface area contributed by atoms with Crippen LogP contribution in [0.25, 0.3) is 10.8 Å². The van der Waals surface area contributed by atoms with Gasteiger partial charge in [-0.05, 0) is 24.3 Å². The maximum atomic E-state index is 9.87. The van der Waals surface area contributed by atoms with Gasteiger partial charge in [0.15, 0.2) is 0 Å². The molecular weight excluding hydrogens is 261 g/mol. The number of furan rings is 1. The zero-order valence-electron chi connectivity index (χ0n) is 12.1. The van der Waals surface area contributed by atoms with E-state index >= 15 is 0 Å². The maximum Gasteiger partial charge on any atom is 0.216 e. The molecule has 0 atom stereocenters. The second-order valence-electron chi connectivity index (χ2n) is 5.30. The summed E-state index contributed by atoms with van der Waals surface area (Å²) in [5.74, 6) is 1.00. The molecule has 0 aliphatic carbocycles. The number of fused-ring (bicyclic) bond motifs is 1. The predicted octanol–water partition coefficient (Wildman–Crippen LogP) is 3.85. The van der Waals surface area contributed by atoms with E-state index in [1.54, 1.807) is 12.3 Å². The third kappa shape index (κ3) is 2.70. The molecule has 0 aliphatic rings. The topological polar surface area (TPSA) is 45.7 Å². The van der Waals surface area contributed by atoms with Gasteiger partial charge in [-0.1, -0.05) is 37.9 Å². The zero-order chi connectivity index (χ0) is 14.8. The summed E-state index contributed by atoms with van der Waals surface area (Å²) >= 11 is 0. The number of hydrogen-bond acceptors (Lipinski definition) is 3. The van der Waals surface area contributed by atoms with E-state index in [9.17, 15) is 5.11 Å². The Balaban J connectivity index is 1.97. The third-order valence-electron chi connectivity index (χ3n) is 3.42. The first kappa shape index (κ1) is 13.5. The molecule has 1 heterocycles. The van der Waals surface area contributed by atoms with Gasteiger partial charge >= 0.3 is 0 Å². The molecule has 3 nitrogen and oxygen atoms in total. The number of phenols is 1. The number of rotatable bonds is 3. The van der Waals surface area contributed by atoms with Crippen molar-refractivity contribution in [3.05, 3.63) is 54.3 Å². The summed E-state index contributed by atoms with van der Waals surface area (Å²) in [4.78, 5) is 4.49. The minimum Gasteiger partial charge on any atom is -0.507 e. The van der Waals surface area contributed by atoms with Crippen LogP contribution in [0.1, 0.15) is 5.76 Å². The highest BCUT2D eigenvalue weighted by molar-refractivity contribution is 6.69. The Kier molecular flexibility index (Phi) is 3.52. The normalized spacial score (nSPS) is 11.3. The summed E-state index contributed by atoms with van der Waals surface area (Å²) in [5, 5.41) is 11.6. The van der Waals surface area contributed by atoms with Gasteiger partial charge in [-0.25, -0.2) is 0 Å². The Labute approximate surface area is 124 Å². The molecule has 21 heavy (non-hydrogen) atoms. The Morgan fingerprint density at radius 1 is 1.00 bits per heavy atom. The predicted molar refractivity (Wildman–Crippen MR) is 88.7 cm³/mol. The molecule has 0 saturated carbocycles. The number of benzene rings is 2. The molecule has 0 unspecified atom stereocenters. The summed E-state index contributed by atoms with van der Waals surface area (Å²) in [6.07, 6.45) is 1.71. The second-order valence-corrected chi connectivity index (χ2v) is 5.30. The first-order valence-corrected chi connectivity index (χ1v) is 6.99. The molecule has 4 heteroatoms. The van der Waals surface area contributed by atoms with Crippen molar-refractivity contribution in [2.45, 2.75) is 13.6 Å². The van der Waals surface area contributed by atoms with Gasteiger partial charge in [0, 0.05) is 10.8 Å². The fourth-order valence-electron chi connectivity index (χ4n) is 2.27. The molecule has 0 spiro atoms. The van der Waals surface area contributed by atoms with E-state index in [0.717, 1.165) is 27.9 Å². The molecule has 0 bridgehead atoms. The number of hydrogen-bond donors (Lipinski definition) is 1. The highest BCUT2D eigenvalue weighted by atomic mass is 16.3. The monoisotopic (exact) mass is 277 g/mol. The van der Waals surface area contributed by atoms with Crippen molar-refractivity contribution >= 4 is 35.0 Å². The Bertz CT molecular complexity index is 805. The lowest BCUT2D eigenvalue weighted by atomic mass is 9.53. The van der Waals surface area contributed by atoms with Crippen LogP contribution in [0.5, 0.6) is 5.75 Å². The lowest BCUT2D eigenvalue weighted by Crippen LogP contribution is -2.19. The molecule has 2 aromatic carbocycles. The maximum absolute atomic E-state index is 9.87. The van der Waals surface area contributed by atoms with Gasteiger partial charge in [0.25, 0.3) is 0 Å². The molecule has 3 rings (SSSR count). The largest absolute Gasteiger partial charge is 0.507 e. The van der Waals surface area contributed by atoms with Crippen LogP contribution in [0, 0.1) is 0 Å². The van der Waals surface area contributed by atoms with E-state index in [0.29, 0.717) is 6.71 Å². The minimum atomic E-state index is 0.268. The standard InChI is InChI=1S/C17H16BNO2/c1-18(2)17-10-9-12(21-17)11-19-15-7-3-6-14-13(15)5-4-8-16(14)20/h3-11,20H,1-2H3. The average molecular weight is 277 g/mol. The summed E-state index contributed by atoms with van der Waals surface area (Å²) in [6.45, 7) is 4.54. The SMILES string of the molecule is CB(C)c1ccc(C=Nc2cccc3c(O)cccc23)o1. The van der Waals surface area contributed by atoms with E-state index in [1.807, 2.05) is 42.5 Å². The summed E-state index contributed by atoms with van der Waals surface area (Å²) < 4.78 is 5.70. The van der Waals surface area contributed by atoms with Crippen LogP contribution < -0.4 is 5.66 Å². The van der Waals surface area contributed by atoms with Gasteiger partial charge in [-0.3, -0.25) is 4.99 Å². The van der Waals surface area contributed by atoms with E-state index < -0.39 is 0 Å². The van der Waals surface area contributed by atoms with Gasteiger partial charge in [-0.2, -0.15) is 0 Å². The molecule has 0 radical (unpaired) electrons. The smallest absolute Gasteiger partial charge is 0.216 e. The van der Waals surface area contributed by atoms with E-state index in [2.05, 4.69) is 18.6 Å². The highest BCUT2D eigenvalue weighted by Gasteiger charge is 2.08. The first-order valence-electron chi connectivity index (χ1n) is 6.99.